The predicted octanol–water partition coefficient (Wildman–Crippen LogP) is 3.85. The zero-order valence-corrected chi connectivity index (χ0v) is 16.3. The van der Waals surface area contributed by atoms with Crippen molar-refractivity contribution in [2.45, 2.75) is 0 Å². The van der Waals surface area contributed by atoms with E-state index in [-0.39, 0.29) is 37.2 Å². The van der Waals surface area contributed by atoms with Crippen molar-refractivity contribution in [2.24, 2.45) is 0 Å². The van der Waals surface area contributed by atoms with Crippen molar-refractivity contribution in [1.29, 1.82) is 0 Å². The van der Waals surface area contributed by atoms with E-state index in [1.165, 1.54) is 11.3 Å². The molecule has 3 aromatic rings. The van der Waals surface area contributed by atoms with Crippen LogP contribution in [0.2, 0.25) is 0 Å². The van der Waals surface area contributed by atoms with Gasteiger partial charge in [0.05, 0.1) is 0 Å². The van der Waals surface area contributed by atoms with E-state index in [2.05, 4.69) is 91.0 Å². The molecule has 0 aliphatic heterocycles. The first-order chi connectivity index (χ1) is 9.45. The van der Waals surface area contributed by atoms with Gasteiger partial charge in [0, 0.05) is 0 Å². The molecule has 0 unspecified atom stereocenters. The molecule has 0 aliphatic carbocycles. The second-order valence-corrected chi connectivity index (χ2v) is 9.36. The van der Waals surface area contributed by atoms with Gasteiger partial charge in [-0.2, -0.15) is 0 Å². The summed E-state index contributed by atoms with van der Waals surface area (Å²) in [7, 11) is 0. The van der Waals surface area contributed by atoms with Crippen LogP contribution in [0.3, 0.4) is 0 Å². The van der Waals surface area contributed by atoms with Gasteiger partial charge in [-0.15, -0.1) is 37.2 Å². The van der Waals surface area contributed by atoms with Crippen molar-refractivity contribution >= 4 is 48.6 Å². The molecule has 0 heterocycles. The van der Waals surface area contributed by atoms with Crippen LogP contribution in [0.1, 0.15) is 0 Å². The summed E-state index contributed by atoms with van der Waals surface area (Å²) in [5, 5.41) is 0. The van der Waals surface area contributed by atoms with Crippen molar-refractivity contribution in [3.05, 3.63) is 91.0 Å². The van der Waals surface area contributed by atoms with Gasteiger partial charge in [-0.1, -0.05) is 0 Å². The summed E-state index contributed by atoms with van der Waals surface area (Å²) >= 11 is -1.42. The third kappa shape index (κ3) is 5.17. The Morgan fingerprint density at radius 2 is 0.591 bits per heavy atom. The van der Waals surface area contributed by atoms with Gasteiger partial charge in [-0.3, -0.25) is 0 Å². The molecule has 0 radical (unpaired) electrons. The second kappa shape index (κ2) is 10.9. The Kier molecular flexibility index (Phi) is 10.5. The van der Waals surface area contributed by atoms with E-state index >= 15 is 0 Å². The molecule has 0 nitrogen and oxygen atoms in total. The van der Waals surface area contributed by atoms with Gasteiger partial charge in [0.15, 0.2) is 0 Å². The quantitative estimate of drug-likeness (QED) is 0.446. The van der Waals surface area contributed by atoms with Crippen molar-refractivity contribution in [3.63, 3.8) is 0 Å². The summed E-state index contributed by atoms with van der Waals surface area (Å²) < 4.78 is 4.44. The molecule has 0 spiro atoms. The summed E-state index contributed by atoms with van der Waals surface area (Å²) in [6, 6.07) is 32.7. The normalized spacial score (nSPS) is 9.55. The summed E-state index contributed by atoms with van der Waals surface area (Å²) in [6.07, 6.45) is 0. The Labute approximate surface area is 157 Å². The van der Waals surface area contributed by atoms with Gasteiger partial charge in [-0.05, 0) is 0 Å². The predicted molar refractivity (Wildman–Crippen MR) is 100.0 cm³/mol. The summed E-state index contributed by atoms with van der Waals surface area (Å²) in [4.78, 5) is 0. The van der Waals surface area contributed by atoms with Gasteiger partial charge in [0.25, 0.3) is 0 Å². The van der Waals surface area contributed by atoms with Crippen LogP contribution in [-0.2, 0) is 18.4 Å². The standard InChI is InChI=1S/3C6H5.Au.3ClH/c3*1-2-4-6-5-3-1;;;;/h3*1-5H;;3*1H. The molecule has 0 saturated heterocycles. The Balaban J connectivity index is 0.00000147. The van der Waals surface area contributed by atoms with Crippen LogP contribution in [0.4, 0.5) is 0 Å². The molecular weight excluding hydrogens is 520 g/mol. The Hall–Kier alpha value is -0.730. The van der Waals surface area contributed by atoms with E-state index in [9.17, 15) is 0 Å². The maximum absolute atomic E-state index is 2.26. The Morgan fingerprint density at radius 1 is 0.364 bits per heavy atom. The second-order valence-electron chi connectivity index (χ2n) is 3.98. The van der Waals surface area contributed by atoms with E-state index in [1.54, 1.807) is 0 Å². The zero-order chi connectivity index (χ0) is 12.9. The average Bonchev–Trinajstić information content (AvgIpc) is 2.51. The minimum atomic E-state index is -1.42. The molecule has 0 bridgehead atoms. The van der Waals surface area contributed by atoms with Crippen LogP contribution >= 0.6 is 37.2 Å². The summed E-state index contributed by atoms with van der Waals surface area (Å²) in [5.41, 5.74) is 0. The van der Waals surface area contributed by atoms with E-state index in [4.69, 9.17) is 0 Å². The molecule has 4 heteroatoms. The van der Waals surface area contributed by atoms with Crippen LogP contribution in [0.15, 0.2) is 91.0 Å². The van der Waals surface area contributed by atoms with Crippen molar-refractivity contribution in [1.82, 2.24) is 0 Å². The molecule has 0 fully saturated rings. The van der Waals surface area contributed by atoms with Crippen molar-refractivity contribution < 1.29 is 18.4 Å². The molecule has 3 rings (SSSR count). The van der Waals surface area contributed by atoms with Gasteiger partial charge in [0.2, 0.25) is 0 Å². The first-order valence-corrected chi connectivity index (χ1v) is 9.43. The molecule has 0 saturated carbocycles. The first-order valence-electron chi connectivity index (χ1n) is 6.18. The van der Waals surface area contributed by atoms with Crippen molar-refractivity contribution in [3.8, 4) is 0 Å². The maximum atomic E-state index is 2.26. The van der Waals surface area contributed by atoms with E-state index in [1.807, 2.05) is 0 Å². The SMILES string of the molecule is Cl.Cl.Cl.c1cc[c]([Au]([c]2ccccc2)[c]2ccccc2)cc1. The molecule has 22 heavy (non-hydrogen) atoms. The number of halogens is 3. The Bertz CT molecular complexity index is 536. The third-order valence-electron chi connectivity index (χ3n) is 2.65. The Morgan fingerprint density at radius 3 is 0.818 bits per heavy atom. The monoisotopic (exact) mass is 536 g/mol. The molecule has 0 aliphatic rings. The number of benzene rings is 3. The number of hydrogen-bond acceptors (Lipinski definition) is 0. The fourth-order valence-corrected chi connectivity index (χ4v) is 7.39. The van der Waals surface area contributed by atoms with Crippen LogP contribution in [0, 0.1) is 0 Å². The van der Waals surface area contributed by atoms with E-state index in [0.717, 1.165) is 0 Å². The van der Waals surface area contributed by atoms with Crippen LogP contribution in [-0.4, -0.2) is 0 Å². The third-order valence-corrected chi connectivity index (χ3v) is 8.56. The average molecular weight is 538 g/mol. The van der Waals surface area contributed by atoms with Gasteiger partial charge >= 0.3 is 121 Å². The van der Waals surface area contributed by atoms with Crippen molar-refractivity contribution in [2.75, 3.05) is 0 Å². The van der Waals surface area contributed by atoms with Gasteiger partial charge < -0.3 is 0 Å². The van der Waals surface area contributed by atoms with Gasteiger partial charge in [0.1, 0.15) is 0 Å². The fourth-order valence-electron chi connectivity index (χ4n) is 1.80. The number of rotatable bonds is 3. The number of hydrogen-bond donors (Lipinski definition) is 0. The molecular formula is C18H18AuCl3. The topological polar surface area (TPSA) is 0 Å². The van der Waals surface area contributed by atoms with E-state index in [0.29, 0.717) is 0 Å². The molecule has 122 valence electrons. The molecule has 0 aromatic heterocycles. The zero-order valence-electron chi connectivity index (χ0n) is 11.7. The summed E-state index contributed by atoms with van der Waals surface area (Å²) in [5.74, 6) is 0. The minimum absolute atomic E-state index is 0. The fraction of sp³-hybridized carbons (Fsp3) is 0. The van der Waals surface area contributed by atoms with Gasteiger partial charge in [-0.25, -0.2) is 0 Å². The molecule has 3 aromatic carbocycles. The van der Waals surface area contributed by atoms with Crippen LogP contribution in [0.5, 0.6) is 0 Å². The molecule has 0 atom stereocenters. The summed E-state index contributed by atoms with van der Waals surface area (Å²) in [6.45, 7) is 0. The van der Waals surface area contributed by atoms with E-state index < -0.39 is 18.4 Å². The first kappa shape index (κ1) is 21.3. The molecule has 0 N–H and O–H groups in total. The van der Waals surface area contributed by atoms with Crippen LogP contribution in [0.25, 0.3) is 0 Å². The molecule has 0 amide bonds. The van der Waals surface area contributed by atoms with Crippen LogP contribution < -0.4 is 11.3 Å².